The first-order chi connectivity index (χ1) is 9.88. The van der Waals surface area contributed by atoms with Gasteiger partial charge < -0.3 is 20.6 Å². The standard InChI is InChI=1S/C16H29NO4/c1-12-3-2-6-15(9-12,11-18)17-10-16(21)7-4-13(5-8-16)14(19)20/h12-13,17-18,21H,2-11H2,1H3,(H,19,20). The van der Waals surface area contributed by atoms with Gasteiger partial charge in [-0.2, -0.15) is 0 Å². The summed E-state index contributed by atoms with van der Waals surface area (Å²) in [5.41, 5.74) is -1.09. The average molecular weight is 299 g/mol. The highest BCUT2D eigenvalue weighted by Gasteiger charge is 2.39. The zero-order valence-electron chi connectivity index (χ0n) is 13.0. The van der Waals surface area contributed by atoms with E-state index in [4.69, 9.17) is 5.11 Å². The van der Waals surface area contributed by atoms with Crippen LogP contribution in [0.2, 0.25) is 0 Å². The van der Waals surface area contributed by atoms with E-state index in [-0.39, 0.29) is 18.1 Å². The molecule has 0 aromatic carbocycles. The van der Waals surface area contributed by atoms with Crippen molar-refractivity contribution in [1.29, 1.82) is 0 Å². The molecule has 2 aliphatic carbocycles. The Morgan fingerprint density at radius 3 is 2.43 bits per heavy atom. The second-order valence-corrected chi connectivity index (χ2v) is 7.33. The molecule has 5 heteroatoms. The van der Waals surface area contributed by atoms with Crippen molar-refractivity contribution in [1.82, 2.24) is 5.32 Å². The molecule has 2 aliphatic rings. The number of aliphatic hydroxyl groups excluding tert-OH is 1. The van der Waals surface area contributed by atoms with Crippen LogP contribution in [0.15, 0.2) is 0 Å². The normalized spacial score (nSPS) is 40.9. The quantitative estimate of drug-likeness (QED) is 0.618. The second kappa shape index (κ2) is 6.63. The van der Waals surface area contributed by atoms with Crippen molar-refractivity contribution >= 4 is 5.97 Å². The molecule has 0 heterocycles. The van der Waals surface area contributed by atoms with Crippen LogP contribution in [0.5, 0.6) is 0 Å². The van der Waals surface area contributed by atoms with E-state index in [2.05, 4.69) is 12.2 Å². The number of carbonyl (C=O) groups is 1. The third-order valence-corrected chi connectivity index (χ3v) is 5.45. The summed E-state index contributed by atoms with van der Waals surface area (Å²) in [6.45, 7) is 2.76. The lowest BCUT2D eigenvalue weighted by Crippen LogP contribution is -2.57. The van der Waals surface area contributed by atoms with Crippen molar-refractivity contribution in [3.63, 3.8) is 0 Å². The summed E-state index contributed by atoms with van der Waals surface area (Å²) in [6, 6.07) is 0. The molecule has 122 valence electrons. The second-order valence-electron chi connectivity index (χ2n) is 7.33. The number of carboxylic acids is 1. The Balaban J connectivity index is 1.88. The lowest BCUT2D eigenvalue weighted by molar-refractivity contribution is -0.144. The highest BCUT2D eigenvalue weighted by Crippen LogP contribution is 2.35. The minimum atomic E-state index is -0.825. The zero-order valence-corrected chi connectivity index (χ0v) is 13.0. The number of aliphatic carboxylic acids is 1. The molecule has 0 bridgehead atoms. The molecule has 2 saturated carbocycles. The lowest BCUT2D eigenvalue weighted by atomic mass is 9.75. The fraction of sp³-hybridized carbons (Fsp3) is 0.938. The van der Waals surface area contributed by atoms with Gasteiger partial charge in [0.25, 0.3) is 0 Å². The Labute approximate surface area is 126 Å². The van der Waals surface area contributed by atoms with Crippen LogP contribution in [-0.2, 0) is 4.79 Å². The molecule has 21 heavy (non-hydrogen) atoms. The van der Waals surface area contributed by atoms with Gasteiger partial charge in [0.05, 0.1) is 18.1 Å². The number of aliphatic hydroxyl groups is 2. The fourth-order valence-electron chi connectivity index (χ4n) is 3.95. The topological polar surface area (TPSA) is 89.8 Å². The fourth-order valence-corrected chi connectivity index (χ4v) is 3.95. The predicted molar refractivity (Wildman–Crippen MR) is 80.0 cm³/mol. The first-order valence-electron chi connectivity index (χ1n) is 8.19. The zero-order chi connectivity index (χ0) is 15.5. The number of nitrogens with one attached hydrogen (secondary N) is 1. The maximum atomic E-state index is 11.0. The van der Waals surface area contributed by atoms with E-state index in [9.17, 15) is 15.0 Å². The third-order valence-electron chi connectivity index (χ3n) is 5.45. The van der Waals surface area contributed by atoms with Gasteiger partial charge in [-0.05, 0) is 44.4 Å². The molecule has 0 spiro atoms. The van der Waals surface area contributed by atoms with Gasteiger partial charge in [-0.25, -0.2) is 0 Å². The average Bonchev–Trinajstić information content (AvgIpc) is 2.46. The van der Waals surface area contributed by atoms with E-state index in [1.165, 1.54) is 6.42 Å². The molecule has 0 radical (unpaired) electrons. The molecule has 0 amide bonds. The van der Waals surface area contributed by atoms with Gasteiger partial charge in [0.15, 0.2) is 0 Å². The summed E-state index contributed by atoms with van der Waals surface area (Å²) in [4.78, 5) is 11.0. The summed E-state index contributed by atoms with van der Waals surface area (Å²) in [6.07, 6.45) is 6.31. The van der Waals surface area contributed by atoms with Crippen molar-refractivity contribution in [2.45, 2.75) is 69.4 Å². The molecule has 4 N–H and O–H groups in total. The van der Waals surface area contributed by atoms with Crippen LogP contribution in [-0.4, -0.2) is 45.6 Å². The molecule has 0 aromatic heterocycles. The van der Waals surface area contributed by atoms with Crippen LogP contribution in [0, 0.1) is 11.8 Å². The van der Waals surface area contributed by atoms with Crippen LogP contribution in [0.3, 0.4) is 0 Å². The maximum Gasteiger partial charge on any atom is 0.306 e. The smallest absolute Gasteiger partial charge is 0.306 e. The van der Waals surface area contributed by atoms with Gasteiger partial charge in [-0.15, -0.1) is 0 Å². The van der Waals surface area contributed by atoms with E-state index in [0.29, 0.717) is 38.1 Å². The van der Waals surface area contributed by atoms with Gasteiger partial charge in [0, 0.05) is 12.1 Å². The SMILES string of the molecule is CC1CCCC(CO)(NCC2(O)CCC(C(=O)O)CC2)C1. The Morgan fingerprint density at radius 1 is 1.24 bits per heavy atom. The van der Waals surface area contributed by atoms with E-state index < -0.39 is 11.6 Å². The Bertz CT molecular complexity index is 365. The Kier molecular flexibility index (Phi) is 5.28. The molecule has 0 saturated heterocycles. The highest BCUT2D eigenvalue weighted by molar-refractivity contribution is 5.70. The van der Waals surface area contributed by atoms with Crippen molar-refractivity contribution in [3.05, 3.63) is 0 Å². The molecular formula is C16H29NO4. The number of hydrogen-bond donors (Lipinski definition) is 4. The number of rotatable bonds is 5. The van der Waals surface area contributed by atoms with E-state index in [1.807, 2.05) is 0 Å². The van der Waals surface area contributed by atoms with E-state index in [0.717, 1.165) is 19.3 Å². The van der Waals surface area contributed by atoms with Crippen LogP contribution >= 0.6 is 0 Å². The number of hydrogen-bond acceptors (Lipinski definition) is 4. The predicted octanol–water partition coefficient (Wildman–Crippen LogP) is 1.52. The monoisotopic (exact) mass is 299 g/mol. The first kappa shape index (κ1) is 16.7. The summed E-state index contributed by atoms with van der Waals surface area (Å²) in [7, 11) is 0. The van der Waals surface area contributed by atoms with E-state index >= 15 is 0 Å². The summed E-state index contributed by atoms with van der Waals surface area (Å²) < 4.78 is 0. The molecule has 2 rings (SSSR count). The van der Waals surface area contributed by atoms with Crippen molar-refractivity contribution in [3.8, 4) is 0 Å². The van der Waals surface area contributed by atoms with Crippen molar-refractivity contribution in [2.75, 3.05) is 13.2 Å². The highest BCUT2D eigenvalue weighted by atomic mass is 16.4. The number of carboxylic acid groups (broad SMARTS) is 1. The Morgan fingerprint density at radius 2 is 1.90 bits per heavy atom. The van der Waals surface area contributed by atoms with E-state index in [1.54, 1.807) is 0 Å². The van der Waals surface area contributed by atoms with Crippen molar-refractivity contribution < 1.29 is 20.1 Å². The molecular weight excluding hydrogens is 270 g/mol. The van der Waals surface area contributed by atoms with Crippen LogP contribution in [0.4, 0.5) is 0 Å². The van der Waals surface area contributed by atoms with Gasteiger partial charge >= 0.3 is 5.97 Å². The minimum Gasteiger partial charge on any atom is -0.481 e. The van der Waals surface area contributed by atoms with Crippen LogP contribution < -0.4 is 5.32 Å². The lowest BCUT2D eigenvalue weighted by Gasteiger charge is -2.43. The third kappa shape index (κ3) is 4.18. The molecule has 0 aliphatic heterocycles. The molecule has 2 atom stereocenters. The molecule has 0 aromatic rings. The van der Waals surface area contributed by atoms with Gasteiger partial charge in [-0.3, -0.25) is 4.79 Å². The number of β-amino-alcohol motifs (C(OH)–C–C–N with tert-alkyl or cyclic N) is 1. The van der Waals surface area contributed by atoms with Gasteiger partial charge in [0.2, 0.25) is 0 Å². The Hall–Kier alpha value is -0.650. The van der Waals surface area contributed by atoms with Gasteiger partial charge in [0.1, 0.15) is 0 Å². The summed E-state index contributed by atoms with van der Waals surface area (Å²) >= 11 is 0. The van der Waals surface area contributed by atoms with Crippen LogP contribution in [0.1, 0.15) is 58.3 Å². The largest absolute Gasteiger partial charge is 0.481 e. The summed E-state index contributed by atoms with van der Waals surface area (Å²) in [5.74, 6) is -0.472. The minimum absolute atomic E-state index is 0.102. The first-order valence-corrected chi connectivity index (χ1v) is 8.19. The van der Waals surface area contributed by atoms with Crippen LogP contribution in [0.25, 0.3) is 0 Å². The maximum absolute atomic E-state index is 11.0. The molecule has 5 nitrogen and oxygen atoms in total. The molecule has 2 unspecified atom stereocenters. The van der Waals surface area contributed by atoms with Gasteiger partial charge in [-0.1, -0.05) is 19.8 Å². The summed E-state index contributed by atoms with van der Waals surface area (Å²) in [5, 5.41) is 32.8. The van der Waals surface area contributed by atoms with Crippen molar-refractivity contribution in [2.24, 2.45) is 11.8 Å². The molecule has 2 fully saturated rings.